The van der Waals surface area contributed by atoms with Gasteiger partial charge >= 0.3 is 17.4 Å². The molecule has 2 rings (SSSR count). The first-order valence-electron chi connectivity index (χ1n) is 15.6. The molecule has 0 aliphatic heterocycles. The Morgan fingerprint density at radius 2 is 0.927 bits per heavy atom. The van der Waals surface area contributed by atoms with Crippen LogP contribution in [0.1, 0.15) is 140 Å². The highest BCUT2D eigenvalue weighted by Gasteiger charge is 2.32. The van der Waals surface area contributed by atoms with Crippen LogP contribution in [0.4, 0.5) is 8.39 Å². The van der Waals surface area contributed by atoms with E-state index in [4.69, 9.17) is 9.05 Å². The summed E-state index contributed by atoms with van der Waals surface area (Å²) in [7, 11) is -6.22. The second-order valence-corrected chi connectivity index (χ2v) is 12.9. The van der Waals surface area contributed by atoms with Crippen molar-refractivity contribution in [3.63, 3.8) is 0 Å². The maximum Gasteiger partial charge on any atom is 0.436 e. The second-order valence-electron chi connectivity index (χ2n) is 11.7. The first kappa shape index (κ1) is 35.9. The Bertz CT molecular complexity index is 924. The van der Waals surface area contributed by atoms with Gasteiger partial charge in [-0.1, -0.05) is 129 Å². The minimum absolute atomic E-state index is 0.254. The third-order valence-corrected chi connectivity index (χ3v) is 8.61. The van der Waals surface area contributed by atoms with E-state index in [1.165, 1.54) is 64.2 Å². The Hall–Kier alpha value is -1.32. The van der Waals surface area contributed by atoms with Gasteiger partial charge in [-0.25, -0.2) is 0 Å². The molecule has 0 aromatic heterocycles. The molecule has 0 radical (unpaired) electrons. The lowest BCUT2D eigenvalue weighted by molar-refractivity contribution is 0.419. The highest BCUT2D eigenvalue weighted by Crippen LogP contribution is 2.48. The predicted molar refractivity (Wildman–Crippen MR) is 170 cm³/mol. The van der Waals surface area contributed by atoms with Crippen molar-refractivity contribution < 1.29 is 27.2 Å². The van der Waals surface area contributed by atoms with Crippen LogP contribution in [0.2, 0.25) is 0 Å². The average molecular weight is 613 g/mol. The molecule has 2 aromatic carbocycles. The zero-order valence-electron chi connectivity index (χ0n) is 25.6. The third kappa shape index (κ3) is 13.2. The first-order valence-corrected chi connectivity index (χ1v) is 17.8. The lowest BCUT2D eigenvalue weighted by Crippen LogP contribution is -2.21. The van der Waals surface area contributed by atoms with Gasteiger partial charge < -0.3 is 18.8 Å². The molecule has 0 saturated carbocycles. The molecule has 0 aliphatic rings. The zero-order chi connectivity index (χ0) is 30.1. The molecule has 8 heteroatoms. The largest absolute Gasteiger partial charge is 0.436 e. The number of halogens is 2. The fourth-order valence-corrected chi connectivity index (χ4v) is 6.12. The molecule has 0 aliphatic carbocycles. The number of benzene rings is 2. The lowest BCUT2D eigenvalue weighted by Gasteiger charge is -2.31. The van der Waals surface area contributed by atoms with Crippen LogP contribution in [-0.2, 0) is 18.3 Å². The molecule has 0 saturated heterocycles. The molecule has 2 unspecified atom stereocenters. The van der Waals surface area contributed by atoms with Crippen molar-refractivity contribution in [2.24, 2.45) is 0 Å². The quantitative estimate of drug-likeness (QED) is 0.103. The van der Waals surface area contributed by atoms with E-state index in [2.05, 4.69) is 13.8 Å². The summed E-state index contributed by atoms with van der Waals surface area (Å²) in [5.41, 5.74) is 2.80. The van der Waals surface area contributed by atoms with Gasteiger partial charge in [0.25, 0.3) is 0 Å². The molecule has 0 fully saturated rings. The van der Waals surface area contributed by atoms with Gasteiger partial charge in [0.2, 0.25) is 0 Å². The Morgan fingerprint density at radius 1 is 0.585 bits per heavy atom. The minimum atomic E-state index is -3.11. The Kier molecular flexibility index (Phi) is 17.3. The SMILES string of the molecule is CCCCCCCCCc1ccc(OP(O)F)c(C(C)(C)c2cc(CCCCCCCCC)ccc2OP(O)F)c1. The van der Waals surface area contributed by atoms with E-state index in [9.17, 15) is 18.2 Å². The van der Waals surface area contributed by atoms with E-state index in [0.717, 1.165) is 49.7 Å². The van der Waals surface area contributed by atoms with E-state index < -0.39 is 22.8 Å². The van der Waals surface area contributed by atoms with Gasteiger partial charge in [0.15, 0.2) is 0 Å². The van der Waals surface area contributed by atoms with Crippen LogP contribution in [0.5, 0.6) is 11.5 Å². The van der Waals surface area contributed by atoms with Crippen molar-refractivity contribution >= 4 is 17.4 Å². The summed E-state index contributed by atoms with van der Waals surface area (Å²) in [5, 5.41) is 0. The summed E-state index contributed by atoms with van der Waals surface area (Å²) in [6.45, 7) is 8.36. The van der Waals surface area contributed by atoms with Crippen LogP contribution in [0.15, 0.2) is 36.4 Å². The van der Waals surface area contributed by atoms with E-state index in [1.807, 2.05) is 38.1 Å². The van der Waals surface area contributed by atoms with Crippen molar-refractivity contribution in [1.29, 1.82) is 0 Å². The van der Waals surface area contributed by atoms with Gasteiger partial charge in [0, 0.05) is 16.5 Å². The Labute approximate surface area is 250 Å². The summed E-state index contributed by atoms with van der Waals surface area (Å²) >= 11 is 0. The molecule has 0 heterocycles. The standard InChI is InChI=1S/C33H52F2O4P2/c1-5-7-9-11-13-15-17-19-27-21-23-31(38-40(34)36)29(25-27)33(3,4)30-26-28(22-24-32(30)39-41(35)37)20-18-16-14-12-10-8-6-2/h21-26,36-37H,5-20H2,1-4H3. The second kappa shape index (κ2) is 19.8. The van der Waals surface area contributed by atoms with Crippen molar-refractivity contribution in [2.75, 3.05) is 0 Å². The normalized spacial score (nSPS) is 13.3. The van der Waals surface area contributed by atoms with Crippen LogP contribution in [0.25, 0.3) is 0 Å². The number of hydrogen-bond donors (Lipinski definition) is 2. The Morgan fingerprint density at radius 3 is 1.27 bits per heavy atom. The molecular formula is C33H52F2O4P2. The number of aryl methyl sites for hydroxylation is 2. The van der Waals surface area contributed by atoms with Gasteiger partial charge in [-0.05, 0) is 48.9 Å². The zero-order valence-corrected chi connectivity index (χ0v) is 27.4. The van der Waals surface area contributed by atoms with Crippen molar-refractivity contribution in [2.45, 2.75) is 136 Å². The van der Waals surface area contributed by atoms with E-state index in [1.54, 1.807) is 12.1 Å². The topological polar surface area (TPSA) is 58.9 Å². The van der Waals surface area contributed by atoms with Crippen LogP contribution in [0, 0.1) is 0 Å². The molecular weight excluding hydrogens is 560 g/mol. The molecule has 0 bridgehead atoms. The highest BCUT2D eigenvalue weighted by atomic mass is 31.2. The number of hydrogen-bond acceptors (Lipinski definition) is 4. The van der Waals surface area contributed by atoms with Crippen molar-refractivity contribution in [1.82, 2.24) is 0 Å². The minimum Gasteiger partial charge on any atom is -0.424 e. The predicted octanol–water partition coefficient (Wildman–Crippen LogP) is 11.7. The molecule has 2 atom stereocenters. The van der Waals surface area contributed by atoms with E-state index in [-0.39, 0.29) is 11.5 Å². The van der Waals surface area contributed by atoms with E-state index in [0.29, 0.717) is 11.1 Å². The van der Waals surface area contributed by atoms with E-state index >= 15 is 0 Å². The number of unbranched alkanes of at least 4 members (excludes halogenated alkanes) is 12. The summed E-state index contributed by atoms with van der Waals surface area (Å²) in [4.78, 5) is 19.0. The first-order chi connectivity index (χ1) is 19.7. The van der Waals surface area contributed by atoms with Crippen LogP contribution in [0.3, 0.4) is 0 Å². The highest BCUT2D eigenvalue weighted by molar-refractivity contribution is 7.40. The molecule has 0 amide bonds. The fourth-order valence-electron chi connectivity index (χ4n) is 5.48. The van der Waals surface area contributed by atoms with Crippen molar-refractivity contribution in [3.05, 3.63) is 58.7 Å². The van der Waals surface area contributed by atoms with Gasteiger partial charge in [0.1, 0.15) is 11.5 Å². The number of rotatable bonds is 22. The maximum atomic E-state index is 13.7. The van der Waals surface area contributed by atoms with Crippen LogP contribution >= 0.6 is 17.4 Å². The summed E-state index contributed by atoms with van der Waals surface area (Å²) in [6, 6.07) is 11.3. The smallest absolute Gasteiger partial charge is 0.424 e. The van der Waals surface area contributed by atoms with Crippen LogP contribution in [-0.4, -0.2) is 9.79 Å². The lowest BCUT2D eigenvalue weighted by atomic mass is 9.76. The molecule has 232 valence electrons. The molecule has 41 heavy (non-hydrogen) atoms. The van der Waals surface area contributed by atoms with Crippen LogP contribution < -0.4 is 9.05 Å². The van der Waals surface area contributed by atoms with Gasteiger partial charge in [-0.2, -0.15) is 0 Å². The summed E-state index contributed by atoms with van der Waals surface area (Å²) in [6.07, 6.45) is 18.8. The maximum absolute atomic E-state index is 13.7. The summed E-state index contributed by atoms with van der Waals surface area (Å²) in [5.74, 6) is 0.508. The average Bonchev–Trinajstić information content (AvgIpc) is 2.92. The van der Waals surface area contributed by atoms with Crippen molar-refractivity contribution in [3.8, 4) is 11.5 Å². The molecule has 4 nitrogen and oxygen atoms in total. The Balaban J connectivity index is 2.28. The summed E-state index contributed by atoms with van der Waals surface area (Å²) < 4.78 is 37.9. The van der Waals surface area contributed by atoms with Gasteiger partial charge in [0.05, 0.1) is 0 Å². The third-order valence-electron chi connectivity index (χ3n) is 7.92. The molecule has 2 N–H and O–H groups in total. The fraction of sp³-hybridized carbons (Fsp3) is 0.636. The molecule has 2 aromatic rings. The van der Waals surface area contributed by atoms with Gasteiger partial charge in [-0.3, -0.25) is 0 Å². The molecule has 0 spiro atoms. The monoisotopic (exact) mass is 612 g/mol. The van der Waals surface area contributed by atoms with Gasteiger partial charge in [-0.15, -0.1) is 8.39 Å².